The van der Waals surface area contributed by atoms with Crippen LogP contribution in [0.25, 0.3) is 0 Å². The van der Waals surface area contributed by atoms with E-state index in [4.69, 9.17) is 4.74 Å². The van der Waals surface area contributed by atoms with Gasteiger partial charge in [-0.05, 0) is 25.0 Å². The maximum atomic E-state index is 5.96. The molecule has 2 fully saturated rings. The number of aromatic nitrogens is 2. The molecule has 5 nitrogen and oxygen atoms in total. The third kappa shape index (κ3) is 3.51. The monoisotopic (exact) mass is 324 g/mol. The fourth-order valence-electron chi connectivity index (χ4n) is 3.79. The Labute approximate surface area is 143 Å². The van der Waals surface area contributed by atoms with Crippen LogP contribution in [0.4, 0.5) is 5.82 Å². The van der Waals surface area contributed by atoms with Crippen LogP contribution in [-0.2, 0) is 0 Å². The summed E-state index contributed by atoms with van der Waals surface area (Å²) in [6.07, 6.45) is 7.86. The van der Waals surface area contributed by atoms with E-state index in [1.165, 1.54) is 12.8 Å². The topological polar surface area (TPSA) is 41.5 Å². The highest BCUT2D eigenvalue weighted by atomic mass is 16.5. The van der Waals surface area contributed by atoms with E-state index in [1.807, 2.05) is 36.5 Å². The molecule has 24 heavy (non-hydrogen) atoms. The summed E-state index contributed by atoms with van der Waals surface area (Å²) in [5.41, 5.74) is 0. The zero-order valence-electron chi connectivity index (χ0n) is 13.9. The number of anilines is 1. The fourth-order valence-corrected chi connectivity index (χ4v) is 3.79. The third-order valence-corrected chi connectivity index (χ3v) is 5.11. The lowest BCUT2D eigenvalue weighted by molar-refractivity contribution is 0.0727. The molecular weight excluding hydrogens is 300 g/mol. The van der Waals surface area contributed by atoms with Crippen molar-refractivity contribution in [3.8, 4) is 5.75 Å². The van der Waals surface area contributed by atoms with Gasteiger partial charge in [-0.3, -0.25) is 9.88 Å². The summed E-state index contributed by atoms with van der Waals surface area (Å²) in [6.45, 7) is 5.16. The number of rotatable bonds is 4. The first-order valence-electron chi connectivity index (χ1n) is 8.81. The van der Waals surface area contributed by atoms with Crippen LogP contribution in [0.2, 0.25) is 0 Å². The molecule has 2 atom stereocenters. The average molecular weight is 324 g/mol. The van der Waals surface area contributed by atoms with Crippen molar-refractivity contribution in [3.63, 3.8) is 0 Å². The van der Waals surface area contributed by atoms with Crippen molar-refractivity contribution < 1.29 is 4.74 Å². The first-order valence-corrected chi connectivity index (χ1v) is 8.81. The van der Waals surface area contributed by atoms with Crippen molar-refractivity contribution >= 4 is 5.82 Å². The lowest BCUT2D eigenvalue weighted by Crippen LogP contribution is -2.57. The Morgan fingerprint density at radius 1 is 1.04 bits per heavy atom. The summed E-state index contributed by atoms with van der Waals surface area (Å²) in [4.78, 5) is 13.6. The molecule has 0 N–H and O–H groups in total. The molecule has 0 aliphatic carbocycles. The molecule has 126 valence electrons. The Hall–Kier alpha value is -2.14. The van der Waals surface area contributed by atoms with Gasteiger partial charge in [-0.15, -0.1) is 0 Å². The Bertz CT molecular complexity index is 636. The summed E-state index contributed by atoms with van der Waals surface area (Å²) < 4.78 is 5.96. The van der Waals surface area contributed by atoms with E-state index < -0.39 is 0 Å². The molecule has 2 aliphatic heterocycles. The summed E-state index contributed by atoms with van der Waals surface area (Å²) in [7, 11) is 0. The van der Waals surface area contributed by atoms with E-state index in [2.05, 4.69) is 19.8 Å². The molecular formula is C19H24N4O. The molecule has 1 aromatic carbocycles. The van der Waals surface area contributed by atoms with Gasteiger partial charge in [0.15, 0.2) is 0 Å². The minimum Gasteiger partial charge on any atom is -0.493 e. The zero-order valence-corrected chi connectivity index (χ0v) is 13.9. The van der Waals surface area contributed by atoms with E-state index in [9.17, 15) is 0 Å². The number of fused-ring (bicyclic) bond motifs is 1. The van der Waals surface area contributed by atoms with E-state index in [0.29, 0.717) is 12.0 Å². The van der Waals surface area contributed by atoms with Gasteiger partial charge in [-0.25, -0.2) is 4.98 Å². The maximum absolute atomic E-state index is 5.96. The number of hydrogen-bond donors (Lipinski definition) is 0. The number of nitrogens with zero attached hydrogens (tertiary/aromatic N) is 4. The largest absolute Gasteiger partial charge is 0.493 e. The molecule has 5 heteroatoms. The van der Waals surface area contributed by atoms with Crippen LogP contribution >= 0.6 is 0 Å². The number of ether oxygens (including phenoxy) is 1. The fraction of sp³-hybridized carbons (Fsp3) is 0.474. The molecule has 0 spiro atoms. The van der Waals surface area contributed by atoms with E-state index in [1.54, 1.807) is 12.4 Å². The number of piperazine rings is 1. The molecule has 0 bridgehead atoms. The molecule has 2 saturated heterocycles. The van der Waals surface area contributed by atoms with E-state index in [0.717, 1.165) is 44.4 Å². The van der Waals surface area contributed by atoms with Crippen molar-refractivity contribution in [2.75, 3.05) is 37.7 Å². The van der Waals surface area contributed by atoms with Gasteiger partial charge in [0.25, 0.3) is 0 Å². The lowest BCUT2D eigenvalue weighted by atomic mass is 9.91. The Morgan fingerprint density at radius 3 is 2.79 bits per heavy atom. The maximum Gasteiger partial charge on any atom is 0.147 e. The third-order valence-electron chi connectivity index (χ3n) is 5.11. The zero-order chi connectivity index (χ0) is 16.2. The van der Waals surface area contributed by atoms with Crippen LogP contribution in [0.15, 0.2) is 48.9 Å². The van der Waals surface area contributed by atoms with Gasteiger partial charge < -0.3 is 9.64 Å². The van der Waals surface area contributed by atoms with Crippen LogP contribution in [-0.4, -0.2) is 53.7 Å². The Kier molecular flexibility index (Phi) is 4.60. The first kappa shape index (κ1) is 15.4. The summed E-state index contributed by atoms with van der Waals surface area (Å²) in [5.74, 6) is 2.61. The standard InChI is InChI=1S/C19H24N4O/c1-2-4-18(5-3-1)24-15-16-6-7-17-14-23(11-10-22(17)13-16)19-12-20-8-9-21-19/h1-5,8-9,12,16-17H,6-7,10-11,13-15H2/t16-,17+/m1/s1. The van der Waals surface area contributed by atoms with Crippen molar-refractivity contribution in [2.24, 2.45) is 5.92 Å². The number of benzene rings is 1. The van der Waals surface area contributed by atoms with Gasteiger partial charge >= 0.3 is 0 Å². The molecule has 0 unspecified atom stereocenters. The van der Waals surface area contributed by atoms with E-state index in [-0.39, 0.29) is 0 Å². The molecule has 0 amide bonds. The number of hydrogen-bond acceptors (Lipinski definition) is 5. The lowest BCUT2D eigenvalue weighted by Gasteiger charge is -2.46. The van der Waals surface area contributed by atoms with E-state index >= 15 is 0 Å². The second-order valence-electron chi connectivity index (χ2n) is 6.73. The predicted molar refractivity (Wildman–Crippen MR) is 94.3 cm³/mol. The molecule has 0 radical (unpaired) electrons. The highest BCUT2D eigenvalue weighted by Gasteiger charge is 2.33. The van der Waals surface area contributed by atoms with Crippen LogP contribution in [0, 0.1) is 5.92 Å². The summed E-state index contributed by atoms with van der Waals surface area (Å²) in [6, 6.07) is 10.8. The SMILES string of the molecule is c1ccc(OC[C@@H]2CC[C@H]3CN(c4cnccn4)CCN3C2)cc1. The van der Waals surface area contributed by atoms with Gasteiger partial charge in [-0.1, -0.05) is 18.2 Å². The highest BCUT2D eigenvalue weighted by Crippen LogP contribution is 2.27. The van der Waals surface area contributed by atoms with Crippen LogP contribution in [0.3, 0.4) is 0 Å². The normalized spacial score (nSPS) is 24.4. The van der Waals surface area contributed by atoms with Gasteiger partial charge in [0.2, 0.25) is 0 Å². The minimum atomic E-state index is 0.629. The quantitative estimate of drug-likeness (QED) is 0.864. The van der Waals surface area contributed by atoms with Crippen LogP contribution < -0.4 is 9.64 Å². The van der Waals surface area contributed by atoms with Gasteiger partial charge in [-0.2, -0.15) is 0 Å². The number of para-hydroxylation sites is 1. The van der Waals surface area contributed by atoms with Gasteiger partial charge in [0.05, 0.1) is 12.8 Å². The van der Waals surface area contributed by atoms with Crippen LogP contribution in [0.1, 0.15) is 12.8 Å². The first-order chi connectivity index (χ1) is 11.9. The molecule has 3 heterocycles. The minimum absolute atomic E-state index is 0.629. The van der Waals surface area contributed by atoms with Crippen LogP contribution in [0.5, 0.6) is 5.75 Å². The molecule has 1 aromatic heterocycles. The van der Waals surface area contributed by atoms with Crippen molar-refractivity contribution in [2.45, 2.75) is 18.9 Å². The second kappa shape index (κ2) is 7.18. The molecule has 2 aliphatic rings. The summed E-state index contributed by atoms with van der Waals surface area (Å²) >= 11 is 0. The average Bonchev–Trinajstić information content (AvgIpc) is 2.67. The smallest absolute Gasteiger partial charge is 0.147 e. The predicted octanol–water partition coefficient (Wildman–Crippen LogP) is 2.46. The Balaban J connectivity index is 1.30. The van der Waals surface area contributed by atoms with Gasteiger partial charge in [0.1, 0.15) is 11.6 Å². The van der Waals surface area contributed by atoms with Crippen molar-refractivity contribution in [1.29, 1.82) is 0 Å². The molecule has 2 aromatic rings. The molecule has 4 rings (SSSR count). The Morgan fingerprint density at radius 2 is 1.96 bits per heavy atom. The van der Waals surface area contributed by atoms with Gasteiger partial charge in [0, 0.05) is 50.5 Å². The summed E-state index contributed by atoms with van der Waals surface area (Å²) in [5, 5.41) is 0. The number of piperidine rings is 1. The molecule has 0 saturated carbocycles. The van der Waals surface area contributed by atoms with Crippen molar-refractivity contribution in [1.82, 2.24) is 14.9 Å². The van der Waals surface area contributed by atoms with Crippen molar-refractivity contribution in [3.05, 3.63) is 48.9 Å². The highest BCUT2D eigenvalue weighted by molar-refractivity contribution is 5.36. The second-order valence-corrected chi connectivity index (χ2v) is 6.73.